The zero-order valence-electron chi connectivity index (χ0n) is 16.4. The highest BCUT2D eigenvalue weighted by atomic mass is 32.1. The molecule has 0 saturated carbocycles. The molecule has 27 heavy (non-hydrogen) atoms. The predicted molar refractivity (Wildman–Crippen MR) is 119 cm³/mol. The third-order valence-electron chi connectivity index (χ3n) is 5.52. The molecule has 0 spiro atoms. The molecular formula is C23H31N3S. The number of anilines is 1. The van der Waals surface area contributed by atoms with Gasteiger partial charge in [0.05, 0.1) is 0 Å². The lowest BCUT2D eigenvalue weighted by Crippen LogP contribution is -2.45. The number of hydrogen-bond acceptors (Lipinski definition) is 2. The molecule has 1 aliphatic heterocycles. The van der Waals surface area contributed by atoms with Crippen LogP contribution in [0.15, 0.2) is 54.6 Å². The van der Waals surface area contributed by atoms with Gasteiger partial charge in [-0.05, 0) is 60.7 Å². The summed E-state index contributed by atoms with van der Waals surface area (Å²) in [5, 5.41) is 7.55. The maximum absolute atomic E-state index is 5.52. The average Bonchev–Trinajstić information content (AvgIpc) is 2.70. The van der Waals surface area contributed by atoms with Crippen LogP contribution >= 0.6 is 12.2 Å². The van der Waals surface area contributed by atoms with Crippen molar-refractivity contribution in [3.8, 4) is 0 Å². The predicted octanol–water partition coefficient (Wildman–Crippen LogP) is 5.15. The molecule has 1 fully saturated rings. The van der Waals surface area contributed by atoms with Crippen LogP contribution in [0.2, 0.25) is 0 Å². The van der Waals surface area contributed by atoms with E-state index in [0.29, 0.717) is 12.0 Å². The van der Waals surface area contributed by atoms with Crippen LogP contribution in [0.3, 0.4) is 0 Å². The monoisotopic (exact) mass is 381 g/mol. The van der Waals surface area contributed by atoms with Crippen LogP contribution in [0.4, 0.5) is 5.69 Å². The van der Waals surface area contributed by atoms with Crippen LogP contribution in [-0.4, -0.2) is 29.1 Å². The first-order valence-corrected chi connectivity index (χ1v) is 10.5. The van der Waals surface area contributed by atoms with Crippen LogP contribution < -0.4 is 10.6 Å². The molecule has 0 amide bonds. The first-order valence-electron chi connectivity index (χ1n) is 10.1. The van der Waals surface area contributed by atoms with E-state index in [1.165, 1.54) is 11.1 Å². The Hall–Kier alpha value is -1.91. The number of benzene rings is 2. The second-order valence-corrected chi connectivity index (χ2v) is 7.97. The van der Waals surface area contributed by atoms with Crippen molar-refractivity contribution in [2.45, 2.75) is 51.6 Å². The van der Waals surface area contributed by atoms with Gasteiger partial charge in [-0.15, -0.1) is 0 Å². The van der Waals surface area contributed by atoms with E-state index < -0.39 is 0 Å². The van der Waals surface area contributed by atoms with Crippen molar-refractivity contribution in [3.05, 3.63) is 65.7 Å². The van der Waals surface area contributed by atoms with Gasteiger partial charge in [0, 0.05) is 31.4 Å². The van der Waals surface area contributed by atoms with E-state index >= 15 is 0 Å². The number of piperidine rings is 1. The summed E-state index contributed by atoms with van der Waals surface area (Å²) in [7, 11) is 0. The van der Waals surface area contributed by atoms with Crippen molar-refractivity contribution >= 4 is 23.0 Å². The molecule has 1 saturated heterocycles. The highest BCUT2D eigenvalue weighted by Gasteiger charge is 2.19. The van der Waals surface area contributed by atoms with Crippen LogP contribution in [0.25, 0.3) is 0 Å². The van der Waals surface area contributed by atoms with E-state index in [4.69, 9.17) is 12.2 Å². The molecule has 0 aliphatic carbocycles. The quantitative estimate of drug-likeness (QED) is 0.677. The lowest BCUT2D eigenvalue weighted by Gasteiger charge is -2.33. The minimum Gasteiger partial charge on any atom is -0.360 e. The van der Waals surface area contributed by atoms with Gasteiger partial charge >= 0.3 is 0 Å². The maximum atomic E-state index is 5.52. The van der Waals surface area contributed by atoms with Gasteiger partial charge in [0.1, 0.15) is 0 Å². The van der Waals surface area contributed by atoms with Gasteiger partial charge in [0.25, 0.3) is 0 Å². The fourth-order valence-corrected chi connectivity index (χ4v) is 3.84. The number of nitrogens with zero attached hydrogens (tertiary/aromatic N) is 1. The van der Waals surface area contributed by atoms with Crippen LogP contribution in [0.1, 0.15) is 50.2 Å². The minimum absolute atomic E-state index is 0.455. The summed E-state index contributed by atoms with van der Waals surface area (Å²) < 4.78 is 0. The molecule has 2 N–H and O–H groups in total. The summed E-state index contributed by atoms with van der Waals surface area (Å²) in [6, 6.07) is 19.8. The highest BCUT2D eigenvalue weighted by Crippen LogP contribution is 2.20. The topological polar surface area (TPSA) is 27.3 Å². The molecular weight excluding hydrogens is 350 g/mol. The SMILES string of the molecule is CC[C@H](C)c1ccc(NC(=S)NC2CCN(Cc3ccccc3)CC2)cc1. The van der Waals surface area contributed by atoms with Crippen LogP contribution in [-0.2, 0) is 6.54 Å². The van der Waals surface area contributed by atoms with E-state index in [1.807, 2.05) is 0 Å². The number of hydrogen-bond donors (Lipinski definition) is 2. The Bertz CT molecular complexity index is 706. The van der Waals surface area contributed by atoms with E-state index in [9.17, 15) is 0 Å². The molecule has 0 aromatic heterocycles. The highest BCUT2D eigenvalue weighted by molar-refractivity contribution is 7.80. The van der Waals surface area contributed by atoms with Gasteiger partial charge < -0.3 is 10.6 Å². The largest absolute Gasteiger partial charge is 0.360 e. The lowest BCUT2D eigenvalue weighted by atomic mass is 9.99. The third kappa shape index (κ3) is 6.05. The van der Waals surface area contributed by atoms with Gasteiger partial charge in [-0.1, -0.05) is 56.3 Å². The Kier molecular flexibility index (Phi) is 7.25. The average molecular weight is 382 g/mol. The Balaban J connectivity index is 1.41. The molecule has 2 aromatic carbocycles. The number of nitrogens with one attached hydrogen (secondary N) is 2. The molecule has 1 heterocycles. The molecule has 2 aromatic rings. The normalized spacial score (nSPS) is 16.7. The Labute approximate surface area is 169 Å². The fourth-order valence-electron chi connectivity index (χ4n) is 3.56. The molecule has 0 bridgehead atoms. The molecule has 1 atom stereocenters. The summed E-state index contributed by atoms with van der Waals surface area (Å²) in [5.41, 5.74) is 3.83. The molecule has 1 aliphatic rings. The van der Waals surface area contributed by atoms with Crippen LogP contribution in [0.5, 0.6) is 0 Å². The van der Waals surface area contributed by atoms with Crippen molar-refractivity contribution < 1.29 is 0 Å². The Morgan fingerprint density at radius 3 is 2.37 bits per heavy atom. The van der Waals surface area contributed by atoms with Crippen molar-refractivity contribution in [2.75, 3.05) is 18.4 Å². The number of likely N-dealkylation sites (tertiary alicyclic amines) is 1. The summed E-state index contributed by atoms with van der Waals surface area (Å²) in [4.78, 5) is 2.53. The van der Waals surface area contributed by atoms with Crippen molar-refractivity contribution in [3.63, 3.8) is 0 Å². The van der Waals surface area contributed by atoms with Gasteiger partial charge in [0.2, 0.25) is 0 Å². The molecule has 4 heteroatoms. The smallest absolute Gasteiger partial charge is 0.170 e. The summed E-state index contributed by atoms with van der Waals surface area (Å²) >= 11 is 5.52. The van der Waals surface area contributed by atoms with Gasteiger partial charge in [-0.3, -0.25) is 4.90 Å². The van der Waals surface area contributed by atoms with E-state index in [-0.39, 0.29) is 0 Å². The second kappa shape index (κ2) is 9.86. The van der Waals surface area contributed by atoms with E-state index in [0.717, 1.165) is 49.7 Å². The first-order chi connectivity index (χ1) is 13.1. The van der Waals surface area contributed by atoms with Crippen molar-refractivity contribution in [1.82, 2.24) is 10.2 Å². The summed E-state index contributed by atoms with van der Waals surface area (Å²) in [6.07, 6.45) is 3.42. The number of thiocarbonyl (C=S) groups is 1. The minimum atomic E-state index is 0.455. The Morgan fingerprint density at radius 1 is 1.07 bits per heavy atom. The molecule has 0 unspecified atom stereocenters. The second-order valence-electron chi connectivity index (χ2n) is 7.57. The third-order valence-corrected chi connectivity index (χ3v) is 5.74. The maximum Gasteiger partial charge on any atom is 0.170 e. The van der Waals surface area contributed by atoms with Crippen molar-refractivity contribution in [1.29, 1.82) is 0 Å². The fraction of sp³-hybridized carbons (Fsp3) is 0.435. The van der Waals surface area contributed by atoms with E-state index in [2.05, 4.69) is 84.0 Å². The summed E-state index contributed by atoms with van der Waals surface area (Å²) in [5.74, 6) is 0.602. The lowest BCUT2D eigenvalue weighted by molar-refractivity contribution is 0.199. The number of rotatable bonds is 6. The molecule has 3 rings (SSSR count). The summed E-state index contributed by atoms with van der Waals surface area (Å²) in [6.45, 7) is 7.75. The van der Waals surface area contributed by atoms with Gasteiger partial charge in [-0.2, -0.15) is 0 Å². The standard InChI is InChI=1S/C23H31N3S/c1-3-18(2)20-9-11-21(12-10-20)24-23(27)25-22-13-15-26(16-14-22)17-19-7-5-4-6-8-19/h4-12,18,22H,3,13-17H2,1-2H3,(H2,24,25,27)/t18-/m0/s1. The zero-order valence-corrected chi connectivity index (χ0v) is 17.3. The van der Waals surface area contributed by atoms with Gasteiger partial charge in [-0.25, -0.2) is 0 Å². The molecule has 0 radical (unpaired) electrons. The van der Waals surface area contributed by atoms with Crippen molar-refractivity contribution in [2.24, 2.45) is 0 Å². The Morgan fingerprint density at radius 2 is 1.74 bits per heavy atom. The van der Waals surface area contributed by atoms with Gasteiger partial charge in [0.15, 0.2) is 5.11 Å². The zero-order chi connectivity index (χ0) is 19.1. The first kappa shape index (κ1) is 19.8. The van der Waals surface area contributed by atoms with E-state index in [1.54, 1.807) is 0 Å². The van der Waals surface area contributed by atoms with Crippen LogP contribution in [0, 0.1) is 0 Å². The molecule has 3 nitrogen and oxygen atoms in total. The molecule has 144 valence electrons.